The van der Waals surface area contributed by atoms with E-state index in [2.05, 4.69) is 22.5 Å². The van der Waals surface area contributed by atoms with Crippen LogP contribution in [-0.2, 0) is 0 Å². The molecule has 5 heteroatoms. The highest BCUT2D eigenvalue weighted by Crippen LogP contribution is 2.52. The number of benzene rings is 1. The van der Waals surface area contributed by atoms with Crippen molar-refractivity contribution in [3.8, 4) is 0 Å². The van der Waals surface area contributed by atoms with Gasteiger partial charge in [-0.1, -0.05) is 29.8 Å². The highest BCUT2D eigenvalue weighted by molar-refractivity contribution is 6.33. The number of aromatic nitrogens is 1. The second kappa shape index (κ2) is 5.39. The molecule has 116 valence electrons. The van der Waals surface area contributed by atoms with Crippen LogP contribution in [0.25, 0.3) is 0 Å². The van der Waals surface area contributed by atoms with E-state index in [1.54, 1.807) is 18.3 Å². The van der Waals surface area contributed by atoms with Crippen molar-refractivity contribution in [3.63, 3.8) is 0 Å². The molecule has 4 nitrogen and oxygen atoms in total. The number of carboxylic acids is 1. The van der Waals surface area contributed by atoms with Crippen LogP contribution in [0.5, 0.6) is 0 Å². The Balaban J connectivity index is 1.89. The zero-order valence-corrected chi connectivity index (χ0v) is 13.0. The number of pyridine rings is 1. The molecular formula is C18H15ClN2O2. The molecule has 0 radical (unpaired) electrons. The summed E-state index contributed by atoms with van der Waals surface area (Å²) >= 11 is 6.37. The van der Waals surface area contributed by atoms with Crippen LogP contribution >= 0.6 is 11.6 Å². The van der Waals surface area contributed by atoms with Crippen LogP contribution in [-0.4, -0.2) is 16.1 Å². The summed E-state index contributed by atoms with van der Waals surface area (Å²) < 4.78 is 0. The largest absolute Gasteiger partial charge is 0.478 e. The SMILES string of the molecule is O=C(O)c1ccc(Cl)c2c1[C@@H]1C=CC[C@H]1[C@@H](c1cccnc1)N2. The van der Waals surface area contributed by atoms with Crippen molar-refractivity contribution in [1.82, 2.24) is 4.98 Å². The first-order valence-electron chi connectivity index (χ1n) is 7.55. The van der Waals surface area contributed by atoms with Crippen LogP contribution in [0.2, 0.25) is 5.02 Å². The fourth-order valence-corrected chi connectivity index (χ4v) is 3.97. The third-order valence-corrected chi connectivity index (χ3v) is 5.06. The average molecular weight is 327 g/mol. The Labute approximate surface area is 138 Å². The molecule has 2 N–H and O–H groups in total. The van der Waals surface area contributed by atoms with Gasteiger partial charge in [0.1, 0.15) is 0 Å². The maximum Gasteiger partial charge on any atom is 0.336 e. The maximum absolute atomic E-state index is 11.6. The number of carbonyl (C=O) groups is 1. The Morgan fingerprint density at radius 2 is 2.22 bits per heavy atom. The van der Waals surface area contributed by atoms with Gasteiger partial charge < -0.3 is 10.4 Å². The summed E-state index contributed by atoms with van der Waals surface area (Å²) in [6.07, 6.45) is 8.74. The average Bonchev–Trinajstić information content (AvgIpc) is 3.05. The number of hydrogen-bond acceptors (Lipinski definition) is 3. The van der Waals surface area contributed by atoms with Crippen LogP contribution < -0.4 is 5.32 Å². The number of hydrogen-bond donors (Lipinski definition) is 2. The monoisotopic (exact) mass is 326 g/mol. The fourth-order valence-electron chi connectivity index (χ4n) is 3.75. The van der Waals surface area contributed by atoms with Crippen molar-refractivity contribution in [2.75, 3.05) is 5.32 Å². The molecule has 0 saturated heterocycles. The van der Waals surface area contributed by atoms with Gasteiger partial charge in [0.05, 0.1) is 22.3 Å². The summed E-state index contributed by atoms with van der Waals surface area (Å²) in [5.41, 5.74) is 2.94. The number of nitrogens with zero attached hydrogens (tertiary/aromatic N) is 1. The summed E-state index contributed by atoms with van der Waals surface area (Å²) in [7, 11) is 0. The molecule has 1 aliphatic heterocycles. The van der Waals surface area contributed by atoms with E-state index in [1.165, 1.54) is 0 Å². The van der Waals surface area contributed by atoms with E-state index in [0.717, 1.165) is 23.2 Å². The first-order valence-corrected chi connectivity index (χ1v) is 7.93. The first-order chi connectivity index (χ1) is 11.2. The van der Waals surface area contributed by atoms with Crippen molar-refractivity contribution >= 4 is 23.3 Å². The standard InChI is InChI=1S/C18H15ClN2O2/c19-14-7-6-13(18(22)23)15-11-4-1-5-12(11)16(21-17(14)15)10-3-2-8-20-9-10/h1-4,6-9,11-12,16,21H,5H2,(H,22,23)/t11-,12-,16-/m1/s1. The minimum Gasteiger partial charge on any atom is -0.478 e. The van der Waals surface area contributed by atoms with Gasteiger partial charge >= 0.3 is 5.97 Å². The molecule has 0 saturated carbocycles. The topological polar surface area (TPSA) is 62.2 Å². The molecule has 1 aromatic heterocycles. The van der Waals surface area contributed by atoms with Gasteiger partial charge in [-0.2, -0.15) is 0 Å². The van der Waals surface area contributed by atoms with Gasteiger partial charge in [0, 0.05) is 18.3 Å². The Kier molecular flexibility index (Phi) is 3.34. The molecule has 0 bridgehead atoms. The predicted octanol–water partition coefficient (Wildman–Crippen LogP) is 4.26. The smallest absolute Gasteiger partial charge is 0.336 e. The van der Waals surface area contributed by atoms with E-state index >= 15 is 0 Å². The molecule has 1 aliphatic carbocycles. The van der Waals surface area contributed by atoms with Crippen molar-refractivity contribution in [2.24, 2.45) is 5.92 Å². The van der Waals surface area contributed by atoms with E-state index < -0.39 is 5.97 Å². The number of fused-ring (bicyclic) bond motifs is 3. The summed E-state index contributed by atoms with van der Waals surface area (Å²) in [6.45, 7) is 0. The molecule has 2 heterocycles. The molecule has 0 fully saturated rings. The Hall–Kier alpha value is -2.33. The zero-order valence-electron chi connectivity index (χ0n) is 12.2. The van der Waals surface area contributed by atoms with Gasteiger partial charge in [-0.15, -0.1) is 0 Å². The van der Waals surface area contributed by atoms with Gasteiger partial charge in [-0.25, -0.2) is 4.79 Å². The predicted molar refractivity (Wildman–Crippen MR) is 89.0 cm³/mol. The van der Waals surface area contributed by atoms with Gasteiger partial charge in [0.25, 0.3) is 0 Å². The van der Waals surface area contributed by atoms with Crippen molar-refractivity contribution in [1.29, 1.82) is 0 Å². The molecule has 1 aromatic carbocycles. The minimum atomic E-state index is -0.918. The van der Waals surface area contributed by atoms with E-state index in [9.17, 15) is 9.90 Å². The van der Waals surface area contributed by atoms with E-state index in [0.29, 0.717) is 10.6 Å². The number of allylic oxidation sites excluding steroid dienone is 2. The highest BCUT2D eigenvalue weighted by Gasteiger charge is 2.40. The highest BCUT2D eigenvalue weighted by atomic mass is 35.5. The minimum absolute atomic E-state index is 0.0567. The lowest BCUT2D eigenvalue weighted by Crippen LogP contribution is -2.30. The number of aromatic carboxylic acids is 1. The van der Waals surface area contributed by atoms with Gasteiger partial charge in [-0.05, 0) is 41.7 Å². The fraction of sp³-hybridized carbons (Fsp3) is 0.222. The molecule has 4 rings (SSSR count). The van der Waals surface area contributed by atoms with Crippen LogP contribution in [0, 0.1) is 5.92 Å². The molecule has 2 aliphatic rings. The van der Waals surface area contributed by atoms with E-state index in [4.69, 9.17) is 11.6 Å². The van der Waals surface area contributed by atoms with Gasteiger partial charge in [0.2, 0.25) is 0 Å². The van der Waals surface area contributed by atoms with Crippen LogP contribution in [0.1, 0.15) is 39.9 Å². The third kappa shape index (κ3) is 2.21. The number of halogens is 1. The number of anilines is 1. The lowest BCUT2D eigenvalue weighted by Gasteiger charge is -2.38. The Morgan fingerprint density at radius 1 is 1.35 bits per heavy atom. The van der Waals surface area contributed by atoms with Crippen LogP contribution in [0.15, 0.2) is 48.8 Å². The summed E-state index contributed by atoms with van der Waals surface area (Å²) in [5, 5.41) is 13.6. The maximum atomic E-state index is 11.6. The second-order valence-electron chi connectivity index (χ2n) is 5.95. The Bertz CT molecular complexity index is 804. The molecule has 2 aromatic rings. The summed E-state index contributed by atoms with van der Waals surface area (Å²) in [4.78, 5) is 15.8. The number of rotatable bonds is 2. The molecular weight excluding hydrogens is 312 g/mol. The van der Waals surface area contributed by atoms with Gasteiger partial charge in [-0.3, -0.25) is 4.98 Å². The molecule has 0 spiro atoms. The van der Waals surface area contributed by atoms with Crippen molar-refractivity contribution in [2.45, 2.75) is 18.4 Å². The third-order valence-electron chi connectivity index (χ3n) is 4.74. The van der Waals surface area contributed by atoms with Crippen LogP contribution in [0.3, 0.4) is 0 Å². The Morgan fingerprint density at radius 3 is 2.96 bits per heavy atom. The molecule has 0 unspecified atom stereocenters. The normalized spacial score (nSPS) is 24.7. The summed E-state index contributed by atoms with van der Waals surface area (Å²) in [5.74, 6) is -0.594. The lowest BCUT2D eigenvalue weighted by atomic mass is 9.75. The molecule has 23 heavy (non-hydrogen) atoms. The first kappa shape index (κ1) is 14.3. The number of carboxylic acid groups (broad SMARTS) is 1. The summed E-state index contributed by atoms with van der Waals surface area (Å²) in [6, 6.07) is 7.27. The molecule has 0 amide bonds. The second-order valence-corrected chi connectivity index (χ2v) is 6.36. The van der Waals surface area contributed by atoms with E-state index in [1.807, 2.05) is 18.3 Å². The lowest BCUT2D eigenvalue weighted by molar-refractivity contribution is 0.0695. The van der Waals surface area contributed by atoms with Crippen molar-refractivity contribution in [3.05, 3.63) is 70.5 Å². The number of nitrogens with one attached hydrogen (secondary N) is 1. The van der Waals surface area contributed by atoms with Crippen molar-refractivity contribution < 1.29 is 9.90 Å². The quantitative estimate of drug-likeness (QED) is 0.809. The van der Waals surface area contributed by atoms with Crippen LogP contribution in [0.4, 0.5) is 5.69 Å². The zero-order chi connectivity index (χ0) is 16.0. The van der Waals surface area contributed by atoms with E-state index in [-0.39, 0.29) is 17.9 Å². The van der Waals surface area contributed by atoms with Gasteiger partial charge in [0.15, 0.2) is 0 Å². The molecule has 3 atom stereocenters.